The zero-order chi connectivity index (χ0) is 13.0. The lowest BCUT2D eigenvalue weighted by atomic mass is 10.1. The van der Waals surface area contributed by atoms with E-state index in [2.05, 4.69) is 25.2 Å². The van der Waals surface area contributed by atoms with E-state index in [9.17, 15) is 4.79 Å². The second-order valence-corrected chi connectivity index (χ2v) is 4.98. The molecule has 1 unspecified atom stereocenters. The number of rotatable bonds is 5. The van der Waals surface area contributed by atoms with Crippen LogP contribution in [0.5, 0.6) is 0 Å². The van der Waals surface area contributed by atoms with Crippen LogP contribution in [0.2, 0.25) is 0 Å². The molecule has 0 saturated heterocycles. The van der Waals surface area contributed by atoms with Crippen molar-refractivity contribution < 1.29 is 4.79 Å². The van der Waals surface area contributed by atoms with Crippen molar-refractivity contribution in [1.29, 1.82) is 0 Å². The van der Waals surface area contributed by atoms with Crippen LogP contribution in [-0.2, 0) is 11.2 Å². The average molecular weight is 246 g/mol. The van der Waals surface area contributed by atoms with Gasteiger partial charge in [-0.25, -0.2) is 0 Å². The van der Waals surface area contributed by atoms with Crippen LogP contribution in [0.4, 0.5) is 5.69 Å². The molecule has 1 aromatic carbocycles. The fraction of sp³-hybridized carbons (Fsp3) is 0.533. The van der Waals surface area contributed by atoms with Gasteiger partial charge in [0.1, 0.15) is 0 Å². The molecule has 0 aromatic heterocycles. The Bertz CT molecular complexity index is 417. The number of benzene rings is 1. The van der Waals surface area contributed by atoms with Gasteiger partial charge in [0.05, 0.1) is 6.54 Å². The molecule has 1 heterocycles. The largest absolute Gasteiger partial charge is 0.308 e. The minimum atomic E-state index is 0.184. The van der Waals surface area contributed by atoms with Gasteiger partial charge < -0.3 is 10.2 Å². The van der Waals surface area contributed by atoms with E-state index in [1.807, 2.05) is 23.1 Å². The Labute approximate surface area is 109 Å². The highest BCUT2D eigenvalue weighted by atomic mass is 16.2. The van der Waals surface area contributed by atoms with Crippen molar-refractivity contribution in [3.8, 4) is 0 Å². The Morgan fingerprint density at radius 3 is 3.00 bits per heavy atom. The number of unbranched alkanes of at least 4 members (excludes halogenated alkanes) is 1. The molecule has 0 bridgehead atoms. The highest BCUT2D eigenvalue weighted by Gasteiger charge is 2.29. The maximum Gasteiger partial charge on any atom is 0.241 e. The first kappa shape index (κ1) is 13.1. The van der Waals surface area contributed by atoms with Crippen molar-refractivity contribution in [3.63, 3.8) is 0 Å². The Balaban J connectivity index is 1.98. The van der Waals surface area contributed by atoms with Crippen LogP contribution in [0.15, 0.2) is 24.3 Å². The third kappa shape index (κ3) is 2.72. The third-order valence-corrected chi connectivity index (χ3v) is 3.46. The lowest BCUT2D eigenvalue weighted by Gasteiger charge is -2.23. The number of nitrogens with one attached hydrogen (secondary N) is 1. The SMILES string of the molecule is CCCCNCC(=O)N1c2ccccc2CC1C. The second-order valence-electron chi connectivity index (χ2n) is 4.98. The van der Waals surface area contributed by atoms with Gasteiger partial charge in [0.25, 0.3) is 0 Å². The van der Waals surface area contributed by atoms with Crippen molar-refractivity contribution in [1.82, 2.24) is 5.32 Å². The molecule has 0 spiro atoms. The van der Waals surface area contributed by atoms with Gasteiger partial charge in [0, 0.05) is 11.7 Å². The van der Waals surface area contributed by atoms with E-state index in [-0.39, 0.29) is 11.9 Å². The molecule has 0 aliphatic carbocycles. The van der Waals surface area contributed by atoms with Gasteiger partial charge in [-0.1, -0.05) is 31.5 Å². The number of fused-ring (bicyclic) bond motifs is 1. The van der Waals surface area contributed by atoms with E-state index >= 15 is 0 Å². The summed E-state index contributed by atoms with van der Waals surface area (Å²) in [6.07, 6.45) is 3.25. The molecule has 0 saturated carbocycles. The number of carbonyl (C=O) groups excluding carboxylic acids is 1. The van der Waals surface area contributed by atoms with Crippen molar-refractivity contribution in [2.45, 2.75) is 39.2 Å². The van der Waals surface area contributed by atoms with Crippen LogP contribution in [0.3, 0.4) is 0 Å². The lowest BCUT2D eigenvalue weighted by Crippen LogP contribution is -2.41. The topological polar surface area (TPSA) is 32.3 Å². The lowest BCUT2D eigenvalue weighted by molar-refractivity contribution is -0.118. The summed E-state index contributed by atoms with van der Waals surface area (Å²) < 4.78 is 0. The summed E-state index contributed by atoms with van der Waals surface area (Å²) in [5.41, 5.74) is 2.37. The molecule has 0 radical (unpaired) electrons. The third-order valence-electron chi connectivity index (χ3n) is 3.46. The fourth-order valence-corrected chi connectivity index (χ4v) is 2.53. The van der Waals surface area contributed by atoms with Gasteiger partial charge in [-0.3, -0.25) is 4.79 Å². The number of carbonyl (C=O) groups is 1. The van der Waals surface area contributed by atoms with Gasteiger partial charge in [-0.2, -0.15) is 0 Å². The van der Waals surface area contributed by atoms with Gasteiger partial charge in [-0.05, 0) is 37.9 Å². The summed E-state index contributed by atoms with van der Waals surface area (Å²) in [6, 6.07) is 8.48. The number of hydrogen-bond acceptors (Lipinski definition) is 2. The monoisotopic (exact) mass is 246 g/mol. The van der Waals surface area contributed by atoms with Gasteiger partial charge in [0.15, 0.2) is 0 Å². The number of nitrogens with zero attached hydrogens (tertiary/aromatic N) is 1. The van der Waals surface area contributed by atoms with Crippen LogP contribution in [-0.4, -0.2) is 25.0 Å². The molecule has 3 nitrogen and oxygen atoms in total. The summed E-state index contributed by atoms with van der Waals surface area (Å²) in [5.74, 6) is 0.184. The van der Waals surface area contributed by atoms with Crippen molar-refractivity contribution in [2.24, 2.45) is 0 Å². The first-order valence-corrected chi connectivity index (χ1v) is 6.84. The van der Waals surface area contributed by atoms with Gasteiger partial charge in [-0.15, -0.1) is 0 Å². The molecule has 1 atom stereocenters. The summed E-state index contributed by atoms with van der Waals surface area (Å²) >= 11 is 0. The van der Waals surface area contributed by atoms with E-state index in [1.54, 1.807) is 0 Å². The maximum absolute atomic E-state index is 12.2. The summed E-state index contributed by atoms with van der Waals surface area (Å²) in [6.45, 7) is 5.64. The Kier molecular flexibility index (Phi) is 4.37. The minimum Gasteiger partial charge on any atom is -0.308 e. The van der Waals surface area contributed by atoms with E-state index in [1.165, 1.54) is 5.56 Å². The quantitative estimate of drug-likeness (QED) is 0.809. The minimum absolute atomic E-state index is 0.184. The molecule has 1 aromatic rings. The van der Waals surface area contributed by atoms with Crippen LogP contribution < -0.4 is 10.2 Å². The molecule has 1 amide bonds. The summed E-state index contributed by atoms with van der Waals surface area (Å²) in [7, 11) is 0. The number of hydrogen-bond donors (Lipinski definition) is 1. The van der Waals surface area contributed by atoms with Crippen molar-refractivity contribution in [3.05, 3.63) is 29.8 Å². The summed E-state index contributed by atoms with van der Waals surface area (Å²) in [4.78, 5) is 14.2. The number of para-hydroxylation sites is 1. The molecule has 1 aliphatic heterocycles. The van der Waals surface area contributed by atoms with E-state index < -0.39 is 0 Å². The Morgan fingerprint density at radius 2 is 2.22 bits per heavy atom. The normalized spacial score (nSPS) is 17.9. The smallest absolute Gasteiger partial charge is 0.241 e. The molecule has 98 valence electrons. The molecule has 0 fully saturated rings. The van der Waals surface area contributed by atoms with Gasteiger partial charge in [0.2, 0.25) is 5.91 Å². The zero-order valence-corrected chi connectivity index (χ0v) is 11.3. The van der Waals surface area contributed by atoms with E-state index in [0.29, 0.717) is 6.54 Å². The summed E-state index contributed by atoms with van der Waals surface area (Å²) in [5, 5.41) is 3.22. The molecule has 3 heteroatoms. The Hall–Kier alpha value is -1.35. The Morgan fingerprint density at radius 1 is 1.44 bits per heavy atom. The molecule has 2 rings (SSSR count). The average Bonchev–Trinajstić information content (AvgIpc) is 2.70. The van der Waals surface area contributed by atoms with Crippen LogP contribution in [0, 0.1) is 0 Å². The second kappa shape index (κ2) is 6.01. The van der Waals surface area contributed by atoms with E-state index in [4.69, 9.17) is 0 Å². The number of amides is 1. The highest BCUT2D eigenvalue weighted by molar-refractivity contribution is 5.97. The predicted molar refractivity (Wildman–Crippen MR) is 74.9 cm³/mol. The first-order valence-electron chi connectivity index (χ1n) is 6.84. The molecule has 18 heavy (non-hydrogen) atoms. The van der Waals surface area contributed by atoms with Crippen LogP contribution in [0.1, 0.15) is 32.3 Å². The van der Waals surface area contributed by atoms with Crippen LogP contribution in [0.25, 0.3) is 0 Å². The molecule has 1 aliphatic rings. The van der Waals surface area contributed by atoms with E-state index in [0.717, 1.165) is 31.5 Å². The number of anilines is 1. The van der Waals surface area contributed by atoms with Crippen molar-refractivity contribution >= 4 is 11.6 Å². The van der Waals surface area contributed by atoms with Crippen LogP contribution >= 0.6 is 0 Å². The fourth-order valence-electron chi connectivity index (χ4n) is 2.53. The standard InChI is InChI=1S/C15H22N2O/c1-3-4-9-16-11-15(18)17-12(2)10-13-7-5-6-8-14(13)17/h5-8,12,16H,3-4,9-11H2,1-2H3. The van der Waals surface area contributed by atoms with Gasteiger partial charge >= 0.3 is 0 Å². The molecule has 1 N–H and O–H groups in total. The first-order chi connectivity index (χ1) is 8.74. The maximum atomic E-state index is 12.2. The molecular formula is C15H22N2O. The predicted octanol–water partition coefficient (Wildman–Crippen LogP) is 2.35. The zero-order valence-electron chi connectivity index (χ0n) is 11.3. The molecular weight excluding hydrogens is 224 g/mol. The highest BCUT2D eigenvalue weighted by Crippen LogP contribution is 2.31. The van der Waals surface area contributed by atoms with Crippen molar-refractivity contribution in [2.75, 3.05) is 18.0 Å².